The summed E-state index contributed by atoms with van der Waals surface area (Å²) in [6, 6.07) is 11.2. The van der Waals surface area contributed by atoms with Crippen molar-refractivity contribution in [2.24, 2.45) is 0 Å². The quantitative estimate of drug-likeness (QED) is 0.924. The predicted molar refractivity (Wildman–Crippen MR) is 78.4 cm³/mol. The molecule has 0 saturated carbocycles. The molecular formula is C16H17ClN2. The Morgan fingerprint density at radius 3 is 2.68 bits per heavy atom. The van der Waals surface area contributed by atoms with Crippen LogP contribution in [-0.2, 0) is 12.8 Å². The first kappa shape index (κ1) is 12.6. The Balaban J connectivity index is 1.67. The van der Waals surface area contributed by atoms with Crippen molar-refractivity contribution >= 4 is 11.6 Å². The van der Waals surface area contributed by atoms with Crippen LogP contribution in [0.2, 0.25) is 5.02 Å². The molecule has 1 aliphatic carbocycles. The monoisotopic (exact) mass is 272 g/mol. The number of rotatable bonds is 3. The summed E-state index contributed by atoms with van der Waals surface area (Å²) in [5.74, 6) is 0. The van der Waals surface area contributed by atoms with Crippen LogP contribution < -0.4 is 5.32 Å². The first-order valence-electron chi connectivity index (χ1n) is 6.65. The normalized spacial score (nSPS) is 19.2. The third kappa shape index (κ3) is 2.80. The second-order valence-electron chi connectivity index (χ2n) is 5.19. The lowest BCUT2D eigenvalue weighted by Crippen LogP contribution is -2.32. The molecule has 3 rings (SSSR count). The Bertz CT molecular complexity index is 568. The van der Waals surface area contributed by atoms with Crippen LogP contribution in [0.1, 0.15) is 29.7 Å². The molecule has 0 fully saturated rings. The molecule has 1 aromatic carbocycles. The fourth-order valence-electron chi connectivity index (χ4n) is 2.81. The molecule has 0 aliphatic heterocycles. The molecule has 1 N–H and O–H groups in total. The third-order valence-corrected chi connectivity index (χ3v) is 4.03. The molecule has 2 unspecified atom stereocenters. The number of pyridine rings is 1. The summed E-state index contributed by atoms with van der Waals surface area (Å²) in [4.78, 5) is 4.06. The SMILES string of the molecule is CC(NC1Cc2ccc(Cl)cc2C1)c1ccncc1. The number of hydrogen-bond donors (Lipinski definition) is 1. The molecule has 0 bridgehead atoms. The Morgan fingerprint density at radius 2 is 1.89 bits per heavy atom. The van der Waals surface area contributed by atoms with E-state index >= 15 is 0 Å². The number of hydrogen-bond acceptors (Lipinski definition) is 2. The van der Waals surface area contributed by atoms with E-state index in [4.69, 9.17) is 11.6 Å². The zero-order valence-electron chi connectivity index (χ0n) is 10.9. The largest absolute Gasteiger partial charge is 0.307 e. The molecule has 1 aliphatic rings. The van der Waals surface area contributed by atoms with Crippen molar-refractivity contribution < 1.29 is 0 Å². The smallest absolute Gasteiger partial charge is 0.0408 e. The van der Waals surface area contributed by atoms with Crippen LogP contribution in [-0.4, -0.2) is 11.0 Å². The van der Waals surface area contributed by atoms with Gasteiger partial charge in [-0.3, -0.25) is 4.98 Å². The second-order valence-corrected chi connectivity index (χ2v) is 5.62. The highest BCUT2D eigenvalue weighted by Crippen LogP contribution is 2.26. The maximum absolute atomic E-state index is 6.05. The highest BCUT2D eigenvalue weighted by Gasteiger charge is 2.22. The molecule has 0 spiro atoms. The first-order valence-corrected chi connectivity index (χ1v) is 7.03. The fourth-order valence-corrected chi connectivity index (χ4v) is 3.00. The van der Waals surface area contributed by atoms with Gasteiger partial charge in [0.2, 0.25) is 0 Å². The topological polar surface area (TPSA) is 24.9 Å². The molecule has 2 nitrogen and oxygen atoms in total. The van der Waals surface area contributed by atoms with Crippen molar-refractivity contribution in [3.63, 3.8) is 0 Å². The molecule has 0 radical (unpaired) electrons. The van der Waals surface area contributed by atoms with E-state index < -0.39 is 0 Å². The van der Waals surface area contributed by atoms with E-state index in [-0.39, 0.29) is 0 Å². The zero-order valence-corrected chi connectivity index (χ0v) is 11.7. The maximum atomic E-state index is 6.05. The highest BCUT2D eigenvalue weighted by molar-refractivity contribution is 6.30. The number of halogens is 1. The molecule has 1 heterocycles. The number of nitrogens with one attached hydrogen (secondary N) is 1. The van der Waals surface area contributed by atoms with Crippen LogP contribution in [0.5, 0.6) is 0 Å². The minimum absolute atomic E-state index is 0.345. The molecule has 0 saturated heterocycles. The van der Waals surface area contributed by atoms with Crippen LogP contribution in [0.15, 0.2) is 42.7 Å². The summed E-state index contributed by atoms with van der Waals surface area (Å²) in [6.45, 7) is 2.20. The van der Waals surface area contributed by atoms with E-state index in [1.165, 1.54) is 16.7 Å². The summed E-state index contributed by atoms with van der Waals surface area (Å²) in [7, 11) is 0. The summed E-state index contributed by atoms with van der Waals surface area (Å²) < 4.78 is 0. The van der Waals surface area contributed by atoms with Crippen LogP contribution in [0.3, 0.4) is 0 Å². The second kappa shape index (κ2) is 5.32. The predicted octanol–water partition coefficient (Wildman–Crippen LogP) is 3.55. The van der Waals surface area contributed by atoms with Gasteiger partial charge in [0.25, 0.3) is 0 Å². The standard InChI is InChI=1S/C16H17ClN2/c1-11(12-4-6-18-7-5-12)19-16-9-13-2-3-15(17)8-14(13)10-16/h2-8,11,16,19H,9-10H2,1H3. The van der Waals surface area contributed by atoms with Gasteiger partial charge in [-0.25, -0.2) is 0 Å². The lowest BCUT2D eigenvalue weighted by Gasteiger charge is -2.19. The van der Waals surface area contributed by atoms with Crippen molar-refractivity contribution in [1.82, 2.24) is 10.3 Å². The van der Waals surface area contributed by atoms with E-state index in [2.05, 4.69) is 41.5 Å². The average molecular weight is 273 g/mol. The highest BCUT2D eigenvalue weighted by atomic mass is 35.5. The number of nitrogens with zero attached hydrogens (tertiary/aromatic N) is 1. The summed E-state index contributed by atoms with van der Waals surface area (Å²) in [5.41, 5.74) is 4.08. The van der Waals surface area contributed by atoms with Gasteiger partial charge in [-0.2, -0.15) is 0 Å². The van der Waals surface area contributed by atoms with E-state index in [1.54, 1.807) is 0 Å². The van der Waals surface area contributed by atoms with Gasteiger partial charge < -0.3 is 5.32 Å². The number of fused-ring (bicyclic) bond motifs is 1. The number of benzene rings is 1. The molecule has 98 valence electrons. The molecule has 2 atom stereocenters. The molecule has 3 heteroatoms. The van der Waals surface area contributed by atoms with Crippen molar-refractivity contribution in [1.29, 1.82) is 0 Å². The molecular weight excluding hydrogens is 256 g/mol. The lowest BCUT2D eigenvalue weighted by atomic mass is 10.1. The van der Waals surface area contributed by atoms with E-state index in [0.29, 0.717) is 12.1 Å². The Morgan fingerprint density at radius 1 is 1.16 bits per heavy atom. The summed E-state index contributed by atoms with van der Waals surface area (Å²) in [6.07, 6.45) is 5.83. The van der Waals surface area contributed by atoms with E-state index in [9.17, 15) is 0 Å². The fraction of sp³-hybridized carbons (Fsp3) is 0.312. The first-order chi connectivity index (χ1) is 9.22. The van der Waals surface area contributed by atoms with Crippen molar-refractivity contribution in [2.75, 3.05) is 0 Å². The van der Waals surface area contributed by atoms with Crippen molar-refractivity contribution in [2.45, 2.75) is 31.8 Å². The van der Waals surface area contributed by atoms with Gasteiger partial charge in [-0.15, -0.1) is 0 Å². The van der Waals surface area contributed by atoms with Crippen LogP contribution in [0.4, 0.5) is 0 Å². The van der Waals surface area contributed by atoms with Gasteiger partial charge >= 0.3 is 0 Å². The van der Waals surface area contributed by atoms with Gasteiger partial charge in [0.1, 0.15) is 0 Å². The molecule has 0 amide bonds. The molecule has 1 aromatic heterocycles. The number of aromatic nitrogens is 1. The van der Waals surface area contributed by atoms with Gasteiger partial charge in [-0.1, -0.05) is 17.7 Å². The zero-order chi connectivity index (χ0) is 13.2. The van der Waals surface area contributed by atoms with Gasteiger partial charge in [-0.05, 0) is 60.7 Å². The van der Waals surface area contributed by atoms with Gasteiger partial charge in [0, 0.05) is 29.5 Å². The summed E-state index contributed by atoms with van der Waals surface area (Å²) in [5, 5.41) is 4.53. The molecule has 2 aromatic rings. The van der Waals surface area contributed by atoms with Crippen molar-refractivity contribution in [3.05, 3.63) is 64.4 Å². The minimum atomic E-state index is 0.345. The maximum Gasteiger partial charge on any atom is 0.0408 e. The Hall–Kier alpha value is -1.38. The van der Waals surface area contributed by atoms with E-state index in [0.717, 1.165) is 17.9 Å². The Labute approximate surface area is 118 Å². The summed E-state index contributed by atoms with van der Waals surface area (Å²) >= 11 is 6.05. The van der Waals surface area contributed by atoms with Crippen LogP contribution in [0.25, 0.3) is 0 Å². The van der Waals surface area contributed by atoms with Gasteiger partial charge in [0.05, 0.1) is 0 Å². The van der Waals surface area contributed by atoms with Crippen LogP contribution in [0, 0.1) is 0 Å². The molecule has 19 heavy (non-hydrogen) atoms. The van der Waals surface area contributed by atoms with Crippen molar-refractivity contribution in [3.8, 4) is 0 Å². The average Bonchev–Trinajstić information content (AvgIpc) is 2.81. The Kier molecular flexibility index (Phi) is 3.54. The minimum Gasteiger partial charge on any atom is -0.307 e. The third-order valence-electron chi connectivity index (χ3n) is 3.79. The van der Waals surface area contributed by atoms with Gasteiger partial charge in [0.15, 0.2) is 0 Å². The lowest BCUT2D eigenvalue weighted by molar-refractivity contribution is 0.467. The van der Waals surface area contributed by atoms with Crippen LogP contribution >= 0.6 is 11.6 Å². The van der Waals surface area contributed by atoms with E-state index in [1.807, 2.05) is 18.5 Å².